The van der Waals surface area contributed by atoms with E-state index >= 15 is 0 Å². The van der Waals surface area contributed by atoms with Crippen molar-refractivity contribution in [3.8, 4) is 0 Å². The molecule has 1 amide bonds. The first-order valence-electron chi connectivity index (χ1n) is 9.07. The van der Waals surface area contributed by atoms with E-state index in [1.807, 2.05) is 30.4 Å². The van der Waals surface area contributed by atoms with Crippen LogP contribution in [0.2, 0.25) is 0 Å². The first-order valence-corrected chi connectivity index (χ1v) is 9.95. The molecular weight excluding hydrogens is 330 g/mol. The van der Waals surface area contributed by atoms with Crippen molar-refractivity contribution >= 4 is 17.2 Å². The van der Waals surface area contributed by atoms with Crippen LogP contribution in [-0.2, 0) is 17.8 Å². The van der Waals surface area contributed by atoms with Crippen molar-refractivity contribution in [1.29, 1.82) is 0 Å². The van der Waals surface area contributed by atoms with Gasteiger partial charge in [0.25, 0.3) is 0 Å². The summed E-state index contributed by atoms with van der Waals surface area (Å²) in [5, 5.41) is 0. The number of benzene rings is 1. The minimum Gasteiger partial charge on any atom is -0.344 e. The third-order valence-corrected chi connectivity index (χ3v) is 6.02. The van der Waals surface area contributed by atoms with Crippen molar-refractivity contribution in [1.82, 2.24) is 14.8 Å². The lowest BCUT2D eigenvalue weighted by Gasteiger charge is -2.36. The van der Waals surface area contributed by atoms with Gasteiger partial charge in [0.15, 0.2) is 0 Å². The van der Waals surface area contributed by atoms with E-state index in [1.165, 1.54) is 16.9 Å². The van der Waals surface area contributed by atoms with Crippen molar-refractivity contribution in [2.45, 2.75) is 45.2 Å². The molecule has 0 unspecified atom stereocenters. The lowest BCUT2D eigenvalue weighted by atomic mass is 10.00. The van der Waals surface area contributed by atoms with Gasteiger partial charge in [0, 0.05) is 31.4 Å². The third kappa shape index (κ3) is 4.67. The number of nitrogens with zero attached hydrogens (tertiary/aromatic N) is 3. The van der Waals surface area contributed by atoms with Crippen LogP contribution in [0, 0.1) is 6.92 Å². The van der Waals surface area contributed by atoms with Crippen LogP contribution in [0.3, 0.4) is 0 Å². The number of carbonyl (C=O) groups excluding carboxylic acids is 1. The summed E-state index contributed by atoms with van der Waals surface area (Å²) in [6.45, 7) is 4.67. The van der Waals surface area contributed by atoms with E-state index in [4.69, 9.17) is 0 Å². The summed E-state index contributed by atoms with van der Waals surface area (Å²) in [6.07, 6.45) is 4.18. The Hall–Kier alpha value is -1.72. The minimum absolute atomic E-state index is 0.0153. The molecule has 1 aliphatic heterocycles. The van der Waals surface area contributed by atoms with Gasteiger partial charge in [-0.25, -0.2) is 4.98 Å². The van der Waals surface area contributed by atoms with Crippen molar-refractivity contribution in [2.75, 3.05) is 20.1 Å². The van der Waals surface area contributed by atoms with Crippen molar-refractivity contribution in [3.05, 3.63) is 52.0 Å². The zero-order chi connectivity index (χ0) is 17.6. The standard InChI is InChI=1S/C20H27N3OS/c1-16-19(25-15-21-16)11-13-22(2)20(24)18-10-6-7-12-23(18)14-17-8-4-3-5-9-17/h3-5,8-9,15,18H,6-7,10-14H2,1-2H3/t18-/m1/s1. The van der Waals surface area contributed by atoms with Gasteiger partial charge in [-0.3, -0.25) is 9.69 Å². The molecule has 0 radical (unpaired) electrons. The SMILES string of the molecule is Cc1ncsc1CCN(C)C(=O)[C@H]1CCCCN1Cc1ccccc1. The quantitative estimate of drug-likeness (QED) is 0.794. The zero-order valence-electron chi connectivity index (χ0n) is 15.1. The Morgan fingerprint density at radius 2 is 2.12 bits per heavy atom. The molecule has 0 N–H and O–H groups in total. The molecule has 0 aliphatic carbocycles. The largest absolute Gasteiger partial charge is 0.344 e. The molecule has 1 fully saturated rings. The Labute approximate surface area is 154 Å². The van der Waals surface area contributed by atoms with Crippen LogP contribution in [0.25, 0.3) is 0 Å². The van der Waals surface area contributed by atoms with Crippen LogP contribution in [-0.4, -0.2) is 46.9 Å². The van der Waals surface area contributed by atoms with Crippen LogP contribution >= 0.6 is 11.3 Å². The second kappa shape index (κ2) is 8.59. The molecule has 1 aromatic heterocycles. The number of hydrogen-bond acceptors (Lipinski definition) is 4. The Bertz CT molecular complexity index is 685. The molecule has 3 rings (SSSR count). The number of piperidine rings is 1. The van der Waals surface area contributed by atoms with Gasteiger partial charge in [0.1, 0.15) is 0 Å². The van der Waals surface area contributed by atoms with Crippen LogP contribution < -0.4 is 0 Å². The summed E-state index contributed by atoms with van der Waals surface area (Å²) in [6, 6.07) is 10.5. The van der Waals surface area contributed by atoms with Gasteiger partial charge in [-0.15, -0.1) is 11.3 Å². The zero-order valence-corrected chi connectivity index (χ0v) is 16.0. The first kappa shape index (κ1) is 18.1. The van der Waals surface area contributed by atoms with E-state index in [1.54, 1.807) is 11.3 Å². The molecule has 25 heavy (non-hydrogen) atoms. The molecule has 1 atom stereocenters. The van der Waals surface area contributed by atoms with E-state index < -0.39 is 0 Å². The highest BCUT2D eigenvalue weighted by molar-refractivity contribution is 7.09. The van der Waals surface area contributed by atoms with E-state index in [9.17, 15) is 4.79 Å². The summed E-state index contributed by atoms with van der Waals surface area (Å²) < 4.78 is 0. The Morgan fingerprint density at radius 3 is 2.84 bits per heavy atom. The predicted octanol–water partition coefficient (Wildman–Crippen LogP) is 3.51. The topological polar surface area (TPSA) is 36.4 Å². The lowest BCUT2D eigenvalue weighted by molar-refractivity contribution is -0.137. The summed E-state index contributed by atoms with van der Waals surface area (Å²) in [7, 11) is 1.94. The minimum atomic E-state index is 0.0153. The maximum atomic E-state index is 13.0. The predicted molar refractivity (Wildman–Crippen MR) is 103 cm³/mol. The van der Waals surface area contributed by atoms with Crippen LogP contribution in [0.15, 0.2) is 35.8 Å². The monoisotopic (exact) mass is 357 g/mol. The highest BCUT2D eigenvalue weighted by Gasteiger charge is 2.30. The van der Waals surface area contributed by atoms with E-state index in [-0.39, 0.29) is 11.9 Å². The summed E-state index contributed by atoms with van der Waals surface area (Å²) in [4.78, 5) is 22.9. The molecule has 1 saturated heterocycles. The number of hydrogen-bond donors (Lipinski definition) is 0. The molecule has 2 aromatic rings. The number of rotatable bonds is 6. The van der Waals surface area contributed by atoms with E-state index in [0.717, 1.165) is 44.6 Å². The van der Waals surface area contributed by atoms with Gasteiger partial charge in [-0.05, 0) is 31.9 Å². The average Bonchev–Trinajstić information content (AvgIpc) is 3.05. The number of aryl methyl sites for hydroxylation is 1. The second-order valence-electron chi connectivity index (χ2n) is 6.84. The van der Waals surface area contributed by atoms with E-state index in [2.05, 4.69) is 34.1 Å². The van der Waals surface area contributed by atoms with E-state index in [0.29, 0.717) is 0 Å². The summed E-state index contributed by atoms with van der Waals surface area (Å²) in [5.41, 5.74) is 4.26. The number of amides is 1. The fourth-order valence-corrected chi connectivity index (χ4v) is 4.25. The van der Waals surface area contributed by atoms with Crippen molar-refractivity contribution in [3.63, 3.8) is 0 Å². The summed E-state index contributed by atoms with van der Waals surface area (Å²) in [5.74, 6) is 0.262. The lowest BCUT2D eigenvalue weighted by Crippen LogP contribution is -2.49. The van der Waals surface area contributed by atoms with Gasteiger partial charge < -0.3 is 4.90 Å². The maximum absolute atomic E-state index is 13.0. The molecule has 4 nitrogen and oxygen atoms in total. The van der Waals surface area contributed by atoms with Gasteiger partial charge >= 0.3 is 0 Å². The highest BCUT2D eigenvalue weighted by Crippen LogP contribution is 2.21. The van der Waals surface area contributed by atoms with Crippen molar-refractivity contribution < 1.29 is 4.79 Å². The number of thiazole rings is 1. The Kier molecular flexibility index (Phi) is 6.21. The maximum Gasteiger partial charge on any atom is 0.239 e. The highest BCUT2D eigenvalue weighted by atomic mass is 32.1. The molecule has 0 spiro atoms. The van der Waals surface area contributed by atoms with Crippen LogP contribution in [0.1, 0.15) is 35.4 Å². The molecule has 1 aliphatic rings. The van der Waals surface area contributed by atoms with Gasteiger partial charge in [0.2, 0.25) is 5.91 Å². The number of likely N-dealkylation sites (N-methyl/N-ethyl adjacent to an activating group) is 1. The molecule has 134 valence electrons. The van der Waals surface area contributed by atoms with Gasteiger partial charge in [0.05, 0.1) is 17.2 Å². The average molecular weight is 358 g/mol. The summed E-state index contributed by atoms with van der Waals surface area (Å²) >= 11 is 1.68. The van der Waals surface area contributed by atoms with Crippen molar-refractivity contribution in [2.24, 2.45) is 0 Å². The number of likely N-dealkylation sites (tertiary alicyclic amines) is 1. The van der Waals surface area contributed by atoms with Gasteiger partial charge in [-0.1, -0.05) is 36.8 Å². The normalized spacial score (nSPS) is 18.2. The molecule has 5 heteroatoms. The molecule has 1 aromatic carbocycles. The van der Waals surface area contributed by atoms with Crippen LogP contribution in [0.5, 0.6) is 0 Å². The molecule has 2 heterocycles. The Balaban J connectivity index is 1.60. The third-order valence-electron chi connectivity index (χ3n) is 5.02. The Morgan fingerprint density at radius 1 is 1.32 bits per heavy atom. The molecule has 0 saturated carbocycles. The smallest absolute Gasteiger partial charge is 0.239 e. The molecular formula is C20H27N3OS. The number of carbonyl (C=O) groups is 1. The molecule has 0 bridgehead atoms. The first-order chi connectivity index (χ1) is 12.1. The second-order valence-corrected chi connectivity index (χ2v) is 7.78. The van der Waals surface area contributed by atoms with Gasteiger partial charge in [-0.2, -0.15) is 0 Å². The number of aromatic nitrogens is 1. The fraction of sp³-hybridized carbons (Fsp3) is 0.500. The van der Waals surface area contributed by atoms with Crippen LogP contribution in [0.4, 0.5) is 0 Å². The fourth-order valence-electron chi connectivity index (χ4n) is 3.48.